The van der Waals surface area contributed by atoms with Crippen molar-refractivity contribution in [2.45, 2.75) is 32.7 Å². The van der Waals surface area contributed by atoms with Crippen molar-refractivity contribution < 1.29 is 14.3 Å². The highest BCUT2D eigenvalue weighted by atomic mass is 19.1. The van der Waals surface area contributed by atoms with E-state index in [0.717, 1.165) is 0 Å². The molecule has 0 fully saturated rings. The van der Waals surface area contributed by atoms with Crippen molar-refractivity contribution in [1.82, 2.24) is 0 Å². The molecule has 0 aromatic heterocycles. The van der Waals surface area contributed by atoms with Crippen LogP contribution in [0.2, 0.25) is 0 Å². The van der Waals surface area contributed by atoms with Gasteiger partial charge in [0.15, 0.2) is 0 Å². The number of carbonyl (C=O) groups is 1. The van der Waals surface area contributed by atoms with Gasteiger partial charge in [0.2, 0.25) is 0 Å². The van der Waals surface area contributed by atoms with Gasteiger partial charge in [-0.3, -0.25) is 4.79 Å². The number of carboxylic acids is 1. The van der Waals surface area contributed by atoms with Gasteiger partial charge in [0.05, 0.1) is 0 Å². The highest BCUT2D eigenvalue weighted by Crippen LogP contribution is 2.25. The zero-order chi connectivity index (χ0) is 12.5. The molecule has 1 rings (SSSR count). The third kappa shape index (κ3) is 2.39. The van der Waals surface area contributed by atoms with Crippen LogP contribution in [0.1, 0.15) is 42.5 Å². The fourth-order valence-corrected chi connectivity index (χ4v) is 1.62. The quantitative estimate of drug-likeness (QED) is 0.829. The summed E-state index contributed by atoms with van der Waals surface area (Å²) in [7, 11) is 0. The summed E-state index contributed by atoms with van der Waals surface area (Å²) in [5.74, 6) is -1.42. The summed E-state index contributed by atoms with van der Waals surface area (Å²) in [6, 6.07) is 1.79. The molecule has 0 aliphatic carbocycles. The van der Waals surface area contributed by atoms with Gasteiger partial charge in [-0.2, -0.15) is 0 Å². The van der Waals surface area contributed by atoms with Crippen molar-refractivity contribution in [3.63, 3.8) is 0 Å². The first-order valence-electron chi connectivity index (χ1n) is 5.13. The summed E-state index contributed by atoms with van der Waals surface area (Å²) in [5, 5.41) is 8.84. The topological polar surface area (TPSA) is 63.3 Å². The van der Waals surface area contributed by atoms with Gasteiger partial charge >= 0.3 is 5.97 Å². The number of halogens is 1. The standard InChI is InChI=1S/C12H16FNO2/c1-6(2)8-5-9(11(14)12(15)16)7(3)4-10(8)13/h4-6,11H,14H2,1-3H3,(H,15,16). The van der Waals surface area contributed by atoms with Crippen LogP contribution in [0.25, 0.3) is 0 Å². The second kappa shape index (κ2) is 4.61. The van der Waals surface area contributed by atoms with E-state index in [-0.39, 0.29) is 11.7 Å². The van der Waals surface area contributed by atoms with E-state index in [1.54, 1.807) is 13.0 Å². The Balaban J connectivity index is 3.30. The number of aliphatic carboxylic acids is 1. The van der Waals surface area contributed by atoms with Crippen LogP contribution in [-0.4, -0.2) is 11.1 Å². The Bertz CT molecular complexity index is 416. The molecule has 0 spiro atoms. The monoisotopic (exact) mass is 225 g/mol. The molecular weight excluding hydrogens is 209 g/mol. The number of carboxylic acid groups (broad SMARTS) is 1. The minimum Gasteiger partial charge on any atom is -0.480 e. The summed E-state index contributed by atoms with van der Waals surface area (Å²) in [4.78, 5) is 10.8. The lowest BCUT2D eigenvalue weighted by molar-refractivity contribution is -0.138. The van der Waals surface area contributed by atoms with Gasteiger partial charge in [-0.25, -0.2) is 4.39 Å². The van der Waals surface area contributed by atoms with Gasteiger partial charge in [0, 0.05) is 0 Å². The lowest BCUT2D eigenvalue weighted by atomic mass is 9.94. The molecule has 4 heteroatoms. The Morgan fingerprint density at radius 2 is 1.94 bits per heavy atom. The molecule has 3 N–H and O–H groups in total. The lowest BCUT2D eigenvalue weighted by Crippen LogP contribution is -2.22. The maximum absolute atomic E-state index is 13.6. The molecule has 16 heavy (non-hydrogen) atoms. The van der Waals surface area contributed by atoms with Crippen LogP contribution in [0.3, 0.4) is 0 Å². The first-order chi connectivity index (χ1) is 7.34. The number of hydrogen-bond acceptors (Lipinski definition) is 2. The third-order valence-electron chi connectivity index (χ3n) is 2.61. The maximum atomic E-state index is 13.6. The van der Waals surface area contributed by atoms with Gasteiger partial charge in [0.1, 0.15) is 11.9 Å². The largest absolute Gasteiger partial charge is 0.480 e. The predicted molar refractivity (Wildman–Crippen MR) is 59.8 cm³/mol. The Kier molecular flexibility index (Phi) is 3.65. The van der Waals surface area contributed by atoms with E-state index in [1.807, 2.05) is 13.8 Å². The maximum Gasteiger partial charge on any atom is 0.325 e. The molecule has 0 saturated heterocycles. The van der Waals surface area contributed by atoms with Crippen molar-refractivity contribution in [2.75, 3.05) is 0 Å². The molecular formula is C12H16FNO2. The molecule has 1 unspecified atom stereocenters. The molecule has 1 aromatic rings. The lowest BCUT2D eigenvalue weighted by Gasteiger charge is -2.15. The highest BCUT2D eigenvalue weighted by molar-refractivity contribution is 5.75. The minimum absolute atomic E-state index is 0.000319. The Morgan fingerprint density at radius 3 is 2.38 bits per heavy atom. The van der Waals surface area contributed by atoms with Crippen molar-refractivity contribution in [3.8, 4) is 0 Å². The number of nitrogens with two attached hydrogens (primary N) is 1. The number of benzene rings is 1. The molecule has 0 aliphatic heterocycles. The van der Waals surface area contributed by atoms with Gasteiger partial charge in [0.25, 0.3) is 0 Å². The zero-order valence-electron chi connectivity index (χ0n) is 9.62. The molecule has 0 bridgehead atoms. The predicted octanol–water partition coefficient (Wildman–Crippen LogP) is 2.34. The molecule has 1 atom stereocenters. The Hall–Kier alpha value is -1.42. The number of aryl methyl sites for hydroxylation is 1. The van der Waals surface area contributed by atoms with Crippen LogP contribution in [0.4, 0.5) is 4.39 Å². The third-order valence-corrected chi connectivity index (χ3v) is 2.61. The Labute approximate surface area is 94.1 Å². The second-order valence-electron chi connectivity index (χ2n) is 4.20. The van der Waals surface area contributed by atoms with Gasteiger partial charge in [-0.15, -0.1) is 0 Å². The van der Waals surface area contributed by atoms with E-state index in [1.165, 1.54) is 6.07 Å². The summed E-state index contributed by atoms with van der Waals surface area (Å²) in [6.07, 6.45) is 0. The van der Waals surface area contributed by atoms with Gasteiger partial charge in [-0.1, -0.05) is 19.9 Å². The smallest absolute Gasteiger partial charge is 0.325 e. The van der Waals surface area contributed by atoms with Crippen LogP contribution in [-0.2, 0) is 4.79 Å². The first kappa shape index (κ1) is 12.6. The normalized spacial score (nSPS) is 12.9. The zero-order valence-corrected chi connectivity index (χ0v) is 9.62. The second-order valence-corrected chi connectivity index (χ2v) is 4.20. The fourth-order valence-electron chi connectivity index (χ4n) is 1.62. The average molecular weight is 225 g/mol. The molecule has 0 saturated carbocycles. The Morgan fingerprint density at radius 1 is 1.38 bits per heavy atom. The molecule has 0 radical (unpaired) electrons. The molecule has 0 amide bonds. The summed E-state index contributed by atoms with van der Waals surface area (Å²) in [5.41, 5.74) is 7.07. The molecule has 0 aliphatic rings. The van der Waals surface area contributed by atoms with Crippen molar-refractivity contribution >= 4 is 5.97 Å². The van der Waals surface area contributed by atoms with Crippen LogP contribution in [0.15, 0.2) is 12.1 Å². The van der Waals surface area contributed by atoms with Crippen LogP contribution in [0.5, 0.6) is 0 Å². The van der Waals surface area contributed by atoms with Crippen LogP contribution >= 0.6 is 0 Å². The van der Waals surface area contributed by atoms with E-state index in [2.05, 4.69) is 0 Å². The molecule has 1 aromatic carbocycles. The van der Waals surface area contributed by atoms with E-state index < -0.39 is 12.0 Å². The average Bonchev–Trinajstić information content (AvgIpc) is 2.16. The van der Waals surface area contributed by atoms with E-state index in [4.69, 9.17) is 10.8 Å². The van der Waals surface area contributed by atoms with E-state index in [0.29, 0.717) is 16.7 Å². The van der Waals surface area contributed by atoms with E-state index in [9.17, 15) is 9.18 Å². The summed E-state index contributed by atoms with van der Waals surface area (Å²) >= 11 is 0. The summed E-state index contributed by atoms with van der Waals surface area (Å²) in [6.45, 7) is 5.36. The van der Waals surface area contributed by atoms with Crippen molar-refractivity contribution in [3.05, 3.63) is 34.6 Å². The first-order valence-corrected chi connectivity index (χ1v) is 5.13. The van der Waals surface area contributed by atoms with Crippen molar-refractivity contribution in [1.29, 1.82) is 0 Å². The van der Waals surface area contributed by atoms with Gasteiger partial charge < -0.3 is 10.8 Å². The van der Waals surface area contributed by atoms with Crippen LogP contribution < -0.4 is 5.73 Å². The fraction of sp³-hybridized carbons (Fsp3) is 0.417. The molecule has 88 valence electrons. The SMILES string of the molecule is Cc1cc(F)c(C(C)C)cc1C(N)C(=O)O. The number of hydrogen-bond donors (Lipinski definition) is 2. The number of rotatable bonds is 3. The highest BCUT2D eigenvalue weighted by Gasteiger charge is 2.19. The van der Waals surface area contributed by atoms with E-state index >= 15 is 0 Å². The van der Waals surface area contributed by atoms with Crippen LogP contribution in [0, 0.1) is 12.7 Å². The minimum atomic E-state index is -1.11. The van der Waals surface area contributed by atoms with Gasteiger partial charge in [-0.05, 0) is 35.6 Å². The summed E-state index contributed by atoms with van der Waals surface area (Å²) < 4.78 is 13.6. The molecule has 3 nitrogen and oxygen atoms in total. The molecule has 0 heterocycles. The van der Waals surface area contributed by atoms with Crippen molar-refractivity contribution in [2.24, 2.45) is 5.73 Å².